The zero-order valence-corrected chi connectivity index (χ0v) is 10.4. The van der Waals surface area contributed by atoms with Crippen LogP contribution in [0.5, 0.6) is 0 Å². The van der Waals surface area contributed by atoms with Gasteiger partial charge >= 0.3 is 6.18 Å². The van der Waals surface area contributed by atoms with Gasteiger partial charge in [0, 0.05) is 13.6 Å². The second-order valence-corrected chi connectivity index (χ2v) is 6.50. The fourth-order valence-electron chi connectivity index (χ4n) is 1.76. The number of halogens is 3. The van der Waals surface area contributed by atoms with Crippen LogP contribution in [0.1, 0.15) is 19.3 Å². The van der Waals surface area contributed by atoms with E-state index in [9.17, 15) is 21.6 Å². The summed E-state index contributed by atoms with van der Waals surface area (Å²) < 4.78 is 60.7. The van der Waals surface area contributed by atoms with Gasteiger partial charge in [-0.05, 0) is 25.9 Å². The average molecular weight is 274 g/mol. The number of nitrogens with one attached hydrogen (secondary N) is 1. The van der Waals surface area contributed by atoms with Gasteiger partial charge in [0.2, 0.25) is 10.0 Å². The average Bonchev–Trinajstić information content (AvgIpc) is 2.26. The molecule has 0 aromatic carbocycles. The molecule has 0 radical (unpaired) electrons. The second-order valence-electron chi connectivity index (χ2n) is 4.18. The van der Waals surface area contributed by atoms with Crippen molar-refractivity contribution in [2.24, 2.45) is 0 Å². The fraction of sp³-hybridized carbons (Fsp3) is 1.00. The topological polar surface area (TPSA) is 49.4 Å². The van der Waals surface area contributed by atoms with E-state index in [0.29, 0.717) is 25.9 Å². The third-order valence-corrected chi connectivity index (χ3v) is 5.22. The van der Waals surface area contributed by atoms with E-state index in [1.807, 2.05) is 0 Å². The van der Waals surface area contributed by atoms with Gasteiger partial charge < -0.3 is 5.32 Å². The molecule has 17 heavy (non-hydrogen) atoms. The lowest BCUT2D eigenvalue weighted by molar-refractivity contribution is -0.135. The Kier molecular flexibility index (Phi) is 4.79. The van der Waals surface area contributed by atoms with Crippen molar-refractivity contribution in [1.29, 1.82) is 0 Å². The van der Waals surface area contributed by atoms with E-state index in [-0.39, 0.29) is 0 Å². The smallest absolute Gasteiger partial charge is 0.317 e. The molecule has 0 unspecified atom stereocenters. The third-order valence-electron chi connectivity index (χ3n) is 2.85. The van der Waals surface area contributed by atoms with Crippen LogP contribution in [0.25, 0.3) is 0 Å². The standard InChI is InChI=1S/C9H17F3N2O2S/c1-14(7-4-9(10,11)12)17(15,16)8-2-5-13-6-3-8/h8,13H,2-7H2,1H3. The van der Waals surface area contributed by atoms with Gasteiger partial charge in [0.05, 0.1) is 11.7 Å². The Morgan fingerprint density at radius 3 is 2.29 bits per heavy atom. The summed E-state index contributed by atoms with van der Waals surface area (Å²) in [7, 11) is -2.38. The van der Waals surface area contributed by atoms with Crippen molar-refractivity contribution in [3.63, 3.8) is 0 Å². The quantitative estimate of drug-likeness (QED) is 0.830. The number of sulfonamides is 1. The molecule has 1 rings (SSSR count). The van der Waals surface area contributed by atoms with E-state index < -0.39 is 34.4 Å². The minimum atomic E-state index is -4.32. The van der Waals surface area contributed by atoms with E-state index in [2.05, 4.69) is 5.32 Å². The first-order valence-corrected chi connectivity index (χ1v) is 6.96. The number of hydrogen-bond acceptors (Lipinski definition) is 3. The monoisotopic (exact) mass is 274 g/mol. The first-order valence-electron chi connectivity index (χ1n) is 5.46. The maximum absolute atomic E-state index is 12.0. The molecule has 0 saturated carbocycles. The Labute approximate surface area is 99.2 Å². The molecule has 4 nitrogen and oxygen atoms in total. The van der Waals surface area contributed by atoms with Crippen LogP contribution in [0.2, 0.25) is 0 Å². The van der Waals surface area contributed by atoms with Crippen molar-refractivity contribution in [3.05, 3.63) is 0 Å². The predicted octanol–water partition coefficient (Wildman–Crippen LogP) is 0.952. The third kappa shape index (κ3) is 4.44. The van der Waals surface area contributed by atoms with Crippen molar-refractivity contribution in [2.45, 2.75) is 30.7 Å². The van der Waals surface area contributed by atoms with Crippen molar-refractivity contribution in [3.8, 4) is 0 Å². The van der Waals surface area contributed by atoms with Gasteiger partial charge in [-0.25, -0.2) is 12.7 Å². The summed E-state index contributed by atoms with van der Waals surface area (Å²) in [5.74, 6) is 0. The van der Waals surface area contributed by atoms with Gasteiger partial charge in [-0.3, -0.25) is 0 Å². The summed E-state index contributed by atoms with van der Waals surface area (Å²) in [6, 6.07) is 0. The molecule has 0 amide bonds. The number of rotatable bonds is 4. The predicted molar refractivity (Wildman–Crippen MR) is 58.1 cm³/mol. The summed E-state index contributed by atoms with van der Waals surface area (Å²) in [4.78, 5) is 0. The number of nitrogens with zero attached hydrogens (tertiary/aromatic N) is 1. The van der Waals surface area contributed by atoms with E-state index in [0.717, 1.165) is 4.31 Å². The first-order chi connectivity index (χ1) is 7.73. The summed E-state index contributed by atoms with van der Waals surface area (Å²) in [6.07, 6.45) is -4.51. The van der Waals surface area contributed by atoms with Gasteiger partial charge in [-0.1, -0.05) is 0 Å². The highest BCUT2D eigenvalue weighted by Gasteiger charge is 2.34. The van der Waals surface area contributed by atoms with Crippen LogP contribution >= 0.6 is 0 Å². The maximum atomic E-state index is 12.0. The molecule has 1 aliphatic heterocycles. The van der Waals surface area contributed by atoms with E-state index in [1.54, 1.807) is 0 Å². The van der Waals surface area contributed by atoms with Crippen molar-refractivity contribution in [2.75, 3.05) is 26.7 Å². The highest BCUT2D eigenvalue weighted by Crippen LogP contribution is 2.22. The molecule has 0 bridgehead atoms. The molecule has 0 aromatic heterocycles. The normalized spacial score (nSPS) is 19.8. The summed E-state index contributed by atoms with van der Waals surface area (Å²) in [5, 5.41) is 2.47. The molecule has 1 N–H and O–H groups in total. The Bertz CT molecular complexity index is 337. The Morgan fingerprint density at radius 2 is 1.82 bits per heavy atom. The van der Waals surface area contributed by atoms with Crippen LogP contribution < -0.4 is 5.32 Å². The zero-order valence-electron chi connectivity index (χ0n) is 9.63. The Balaban J connectivity index is 2.56. The summed E-state index contributed by atoms with van der Waals surface area (Å²) >= 11 is 0. The highest BCUT2D eigenvalue weighted by molar-refractivity contribution is 7.89. The molecule has 0 atom stereocenters. The van der Waals surface area contributed by atoms with Gasteiger partial charge in [0.15, 0.2) is 0 Å². The first kappa shape index (κ1) is 14.7. The lowest BCUT2D eigenvalue weighted by Crippen LogP contribution is -2.43. The Hall–Kier alpha value is -0.340. The molecule has 8 heteroatoms. The molecule has 0 spiro atoms. The Morgan fingerprint density at radius 1 is 1.29 bits per heavy atom. The van der Waals surface area contributed by atoms with Crippen molar-refractivity contribution >= 4 is 10.0 Å². The summed E-state index contributed by atoms with van der Waals surface area (Å²) in [6.45, 7) is 0.684. The van der Waals surface area contributed by atoms with Crippen molar-refractivity contribution in [1.82, 2.24) is 9.62 Å². The molecular formula is C9H17F3N2O2S. The minimum Gasteiger partial charge on any atom is -0.317 e. The number of piperidine rings is 1. The van der Waals surface area contributed by atoms with Crippen LogP contribution in [-0.2, 0) is 10.0 Å². The van der Waals surface area contributed by atoms with Gasteiger partial charge in [0.1, 0.15) is 0 Å². The molecule has 1 aliphatic rings. The molecule has 102 valence electrons. The van der Waals surface area contributed by atoms with E-state index >= 15 is 0 Å². The van der Waals surface area contributed by atoms with Crippen LogP contribution in [0.4, 0.5) is 13.2 Å². The van der Waals surface area contributed by atoms with Gasteiger partial charge in [0.25, 0.3) is 0 Å². The zero-order chi connectivity index (χ0) is 13.1. The molecule has 1 fully saturated rings. The molecular weight excluding hydrogens is 257 g/mol. The lowest BCUT2D eigenvalue weighted by atomic mass is 10.2. The van der Waals surface area contributed by atoms with Crippen LogP contribution in [0, 0.1) is 0 Å². The molecule has 0 aliphatic carbocycles. The molecule has 0 aromatic rings. The van der Waals surface area contributed by atoms with Crippen molar-refractivity contribution < 1.29 is 21.6 Å². The van der Waals surface area contributed by atoms with Crippen LogP contribution in [-0.4, -0.2) is 50.8 Å². The molecule has 1 saturated heterocycles. The second kappa shape index (κ2) is 5.53. The maximum Gasteiger partial charge on any atom is 0.390 e. The van der Waals surface area contributed by atoms with Gasteiger partial charge in [-0.15, -0.1) is 0 Å². The van der Waals surface area contributed by atoms with Gasteiger partial charge in [-0.2, -0.15) is 13.2 Å². The van der Waals surface area contributed by atoms with Crippen LogP contribution in [0.15, 0.2) is 0 Å². The fourth-order valence-corrected chi connectivity index (χ4v) is 3.45. The van der Waals surface area contributed by atoms with Crippen LogP contribution in [0.3, 0.4) is 0 Å². The van der Waals surface area contributed by atoms with E-state index in [1.165, 1.54) is 7.05 Å². The minimum absolute atomic E-state index is 0.457. The number of hydrogen-bond donors (Lipinski definition) is 1. The number of alkyl halides is 3. The lowest BCUT2D eigenvalue weighted by Gasteiger charge is -2.27. The van der Waals surface area contributed by atoms with E-state index in [4.69, 9.17) is 0 Å². The largest absolute Gasteiger partial charge is 0.390 e. The highest BCUT2D eigenvalue weighted by atomic mass is 32.2. The SMILES string of the molecule is CN(CCC(F)(F)F)S(=O)(=O)C1CCNCC1. The summed E-state index contributed by atoms with van der Waals surface area (Å²) in [5.41, 5.74) is 0. The molecule has 1 heterocycles.